The van der Waals surface area contributed by atoms with Crippen molar-refractivity contribution in [1.82, 2.24) is 10.2 Å². The van der Waals surface area contributed by atoms with Gasteiger partial charge in [-0.3, -0.25) is 4.79 Å². The van der Waals surface area contributed by atoms with Gasteiger partial charge in [0.25, 0.3) is 0 Å². The summed E-state index contributed by atoms with van der Waals surface area (Å²) in [6, 6.07) is 6.99. The van der Waals surface area contributed by atoms with Crippen LogP contribution in [0.25, 0.3) is 0 Å². The maximum absolute atomic E-state index is 13.9. The number of nitrogens with zero attached hydrogens (tertiary/aromatic N) is 1. The van der Waals surface area contributed by atoms with E-state index in [4.69, 9.17) is 0 Å². The summed E-state index contributed by atoms with van der Waals surface area (Å²) in [5, 5.41) is 3.69. The van der Waals surface area contributed by atoms with Gasteiger partial charge in [-0.25, -0.2) is 4.39 Å². The van der Waals surface area contributed by atoms with E-state index in [0.29, 0.717) is 18.4 Å². The molecule has 1 aliphatic rings. The molecular formula is C22H35FN2O. The summed E-state index contributed by atoms with van der Waals surface area (Å²) in [6.45, 7) is 11.8. The largest absolute Gasteiger partial charge is 0.340 e. The second-order valence-electron chi connectivity index (χ2n) is 8.99. The number of piperidine rings is 1. The molecule has 146 valence electrons. The standard InChI is InChI=1S/C22H35FN2O/c1-6-7-14-25(18-15-21(2,3)24-22(4,5)16-18)20(26)13-12-17-10-8-9-11-19(17)23/h8-11,18,24H,6-7,12-16H2,1-5H3. The van der Waals surface area contributed by atoms with E-state index < -0.39 is 0 Å². The van der Waals surface area contributed by atoms with Crippen molar-refractivity contribution in [3.63, 3.8) is 0 Å². The van der Waals surface area contributed by atoms with E-state index in [1.165, 1.54) is 6.07 Å². The lowest BCUT2D eigenvalue weighted by Crippen LogP contribution is -2.62. The van der Waals surface area contributed by atoms with E-state index in [2.05, 4.69) is 44.8 Å². The number of aryl methyl sites for hydroxylation is 1. The van der Waals surface area contributed by atoms with Crippen LogP contribution < -0.4 is 5.32 Å². The van der Waals surface area contributed by atoms with E-state index in [1.807, 2.05) is 6.07 Å². The fourth-order valence-electron chi connectivity index (χ4n) is 4.41. The van der Waals surface area contributed by atoms with Gasteiger partial charge in [0.15, 0.2) is 0 Å². The first-order valence-corrected chi connectivity index (χ1v) is 9.96. The van der Waals surface area contributed by atoms with Gasteiger partial charge >= 0.3 is 0 Å². The zero-order valence-corrected chi connectivity index (χ0v) is 17.1. The zero-order chi connectivity index (χ0) is 19.4. The van der Waals surface area contributed by atoms with Gasteiger partial charge in [-0.15, -0.1) is 0 Å². The first-order chi connectivity index (χ1) is 12.1. The molecule has 0 radical (unpaired) electrons. The lowest BCUT2D eigenvalue weighted by atomic mass is 9.79. The molecule has 1 amide bonds. The number of carbonyl (C=O) groups is 1. The molecule has 1 fully saturated rings. The third-order valence-electron chi connectivity index (χ3n) is 5.25. The first kappa shape index (κ1) is 20.9. The van der Waals surface area contributed by atoms with Crippen molar-refractivity contribution in [2.75, 3.05) is 6.54 Å². The predicted molar refractivity (Wildman–Crippen MR) is 106 cm³/mol. The van der Waals surface area contributed by atoms with E-state index >= 15 is 0 Å². The highest BCUT2D eigenvalue weighted by Crippen LogP contribution is 2.32. The summed E-state index contributed by atoms with van der Waals surface area (Å²) in [5.74, 6) is -0.0651. The number of halogens is 1. The van der Waals surface area contributed by atoms with Crippen LogP contribution in [-0.4, -0.2) is 34.5 Å². The summed E-state index contributed by atoms with van der Waals surface area (Å²) in [5.41, 5.74) is 0.632. The molecule has 0 aliphatic carbocycles. The summed E-state index contributed by atoms with van der Waals surface area (Å²) in [7, 11) is 0. The Balaban J connectivity index is 2.10. The molecule has 2 rings (SSSR count). The molecule has 1 aliphatic heterocycles. The Kier molecular flexibility index (Phi) is 6.84. The van der Waals surface area contributed by atoms with E-state index in [-0.39, 0.29) is 28.8 Å². The molecule has 1 aromatic rings. The molecule has 3 nitrogen and oxygen atoms in total. The molecule has 0 aromatic heterocycles. The van der Waals surface area contributed by atoms with Crippen molar-refractivity contribution >= 4 is 5.91 Å². The lowest BCUT2D eigenvalue weighted by Gasteiger charge is -2.49. The van der Waals surface area contributed by atoms with E-state index in [0.717, 1.165) is 32.2 Å². The number of amides is 1. The minimum absolute atomic E-state index is 0.00268. The second kappa shape index (κ2) is 8.51. The number of unbranched alkanes of at least 4 members (excludes halogenated alkanes) is 1. The van der Waals surface area contributed by atoms with Crippen LogP contribution in [-0.2, 0) is 11.2 Å². The molecule has 4 heteroatoms. The van der Waals surface area contributed by atoms with E-state index in [1.54, 1.807) is 12.1 Å². The van der Waals surface area contributed by atoms with Gasteiger partial charge in [0.1, 0.15) is 5.82 Å². The highest BCUT2D eigenvalue weighted by molar-refractivity contribution is 5.77. The topological polar surface area (TPSA) is 32.3 Å². The van der Waals surface area contributed by atoms with Crippen LogP contribution in [0.3, 0.4) is 0 Å². The van der Waals surface area contributed by atoms with E-state index in [9.17, 15) is 9.18 Å². The Morgan fingerprint density at radius 1 is 1.19 bits per heavy atom. The summed E-state index contributed by atoms with van der Waals surface area (Å²) in [4.78, 5) is 15.1. The fourth-order valence-corrected chi connectivity index (χ4v) is 4.41. The zero-order valence-electron chi connectivity index (χ0n) is 17.1. The summed E-state index contributed by atoms with van der Waals surface area (Å²) in [6.07, 6.45) is 4.81. The minimum atomic E-state index is -0.218. The average molecular weight is 363 g/mol. The van der Waals surface area contributed by atoms with Gasteiger partial charge < -0.3 is 10.2 Å². The molecule has 0 saturated carbocycles. The van der Waals surface area contributed by atoms with Crippen molar-refractivity contribution < 1.29 is 9.18 Å². The van der Waals surface area contributed by atoms with Crippen molar-refractivity contribution in [3.8, 4) is 0 Å². The van der Waals surface area contributed by atoms with Crippen LogP contribution in [0.15, 0.2) is 24.3 Å². The van der Waals surface area contributed by atoms with Gasteiger partial charge in [-0.2, -0.15) is 0 Å². The third-order valence-corrected chi connectivity index (χ3v) is 5.25. The minimum Gasteiger partial charge on any atom is -0.340 e. The quantitative estimate of drug-likeness (QED) is 0.763. The van der Waals surface area contributed by atoms with Crippen molar-refractivity contribution in [2.24, 2.45) is 0 Å². The molecule has 1 aromatic carbocycles. The van der Waals surface area contributed by atoms with Crippen LogP contribution in [0.4, 0.5) is 4.39 Å². The molecule has 1 saturated heterocycles. The molecule has 0 spiro atoms. The Bertz CT molecular complexity index is 596. The molecule has 1 N–H and O–H groups in total. The highest BCUT2D eigenvalue weighted by atomic mass is 19.1. The molecule has 0 unspecified atom stereocenters. The number of hydrogen-bond donors (Lipinski definition) is 1. The average Bonchev–Trinajstić information content (AvgIpc) is 2.51. The maximum Gasteiger partial charge on any atom is 0.223 e. The molecule has 0 atom stereocenters. The van der Waals surface area contributed by atoms with Crippen molar-refractivity contribution in [1.29, 1.82) is 0 Å². The fraction of sp³-hybridized carbons (Fsp3) is 0.682. The number of nitrogens with one attached hydrogen (secondary N) is 1. The Labute approximate surface area is 158 Å². The molecular weight excluding hydrogens is 327 g/mol. The summed E-state index contributed by atoms with van der Waals surface area (Å²) < 4.78 is 13.9. The van der Waals surface area contributed by atoms with Gasteiger partial charge in [0, 0.05) is 30.1 Å². The number of rotatable bonds is 7. The van der Waals surface area contributed by atoms with Crippen LogP contribution >= 0.6 is 0 Å². The maximum atomic E-state index is 13.9. The normalized spacial score (nSPS) is 19.3. The Morgan fingerprint density at radius 3 is 2.38 bits per heavy atom. The predicted octanol–water partition coefficient (Wildman–Crippen LogP) is 4.70. The molecule has 0 bridgehead atoms. The monoisotopic (exact) mass is 362 g/mol. The van der Waals surface area contributed by atoms with Gasteiger partial charge in [-0.1, -0.05) is 31.5 Å². The second-order valence-corrected chi connectivity index (χ2v) is 8.99. The number of hydrogen-bond acceptors (Lipinski definition) is 2. The Hall–Kier alpha value is -1.42. The SMILES string of the molecule is CCCCN(C(=O)CCc1ccccc1F)C1CC(C)(C)NC(C)(C)C1. The Morgan fingerprint density at radius 2 is 1.81 bits per heavy atom. The van der Waals surface area contributed by atoms with Crippen LogP contribution in [0.2, 0.25) is 0 Å². The third kappa shape index (κ3) is 5.80. The van der Waals surface area contributed by atoms with Crippen LogP contribution in [0.5, 0.6) is 0 Å². The first-order valence-electron chi connectivity index (χ1n) is 9.96. The molecule has 26 heavy (non-hydrogen) atoms. The molecule has 1 heterocycles. The lowest BCUT2D eigenvalue weighted by molar-refractivity contribution is -0.135. The van der Waals surface area contributed by atoms with Crippen LogP contribution in [0.1, 0.15) is 72.3 Å². The van der Waals surface area contributed by atoms with Crippen molar-refractivity contribution in [3.05, 3.63) is 35.6 Å². The van der Waals surface area contributed by atoms with Crippen LogP contribution in [0, 0.1) is 5.82 Å². The van der Waals surface area contributed by atoms with Gasteiger partial charge in [-0.05, 0) is 65.0 Å². The van der Waals surface area contributed by atoms with Gasteiger partial charge in [0.05, 0.1) is 0 Å². The number of carbonyl (C=O) groups excluding carboxylic acids is 1. The smallest absolute Gasteiger partial charge is 0.223 e. The van der Waals surface area contributed by atoms with Gasteiger partial charge in [0.2, 0.25) is 5.91 Å². The number of benzene rings is 1. The van der Waals surface area contributed by atoms with Crippen molar-refractivity contribution in [2.45, 2.75) is 90.3 Å². The summed E-state index contributed by atoms with van der Waals surface area (Å²) >= 11 is 0. The highest BCUT2D eigenvalue weighted by Gasteiger charge is 2.40.